The molecular formula is C20H18BrNO2S. The van der Waals surface area contributed by atoms with Crippen LogP contribution in [0.25, 0.3) is 10.8 Å². The maximum atomic E-state index is 11.9. The van der Waals surface area contributed by atoms with Gasteiger partial charge in [-0.15, -0.1) is 11.8 Å². The molecule has 25 heavy (non-hydrogen) atoms. The number of halogens is 1. The van der Waals surface area contributed by atoms with Gasteiger partial charge in [0, 0.05) is 17.2 Å². The fourth-order valence-electron chi connectivity index (χ4n) is 2.40. The number of rotatable bonds is 7. The predicted octanol–water partition coefficient (Wildman–Crippen LogP) is 4.89. The van der Waals surface area contributed by atoms with E-state index in [1.54, 1.807) is 11.8 Å². The number of thioether (sulfide) groups is 1. The van der Waals surface area contributed by atoms with Gasteiger partial charge >= 0.3 is 0 Å². The Labute approximate surface area is 159 Å². The fourth-order valence-corrected chi connectivity index (χ4v) is 3.79. The van der Waals surface area contributed by atoms with E-state index in [4.69, 9.17) is 4.74 Å². The Morgan fingerprint density at radius 2 is 1.76 bits per heavy atom. The third kappa shape index (κ3) is 5.00. The molecule has 0 aliphatic carbocycles. The zero-order chi connectivity index (χ0) is 17.5. The zero-order valence-electron chi connectivity index (χ0n) is 13.6. The van der Waals surface area contributed by atoms with E-state index < -0.39 is 0 Å². The van der Waals surface area contributed by atoms with E-state index in [-0.39, 0.29) is 12.5 Å². The minimum absolute atomic E-state index is 0.00689. The van der Waals surface area contributed by atoms with Gasteiger partial charge in [-0.1, -0.05) is 48.5 Å². The summed E-state index contributed by atoms with van der Waals surface area (Å²) in [6.45, 7) is 0.619. The molecule has 3 rings (SSSR count). The number of carbonyl (C=O) groups excluding carboxylic acids is 1. The lowest BCUT2D eigenvalue weighted by molar-refractivity contribution is -0.122. The second-order valence-corrected chi connectivity index (χ2v) is 7.36. The van der Waals surface area contributed by atoms with Gasteiger partial charge in [-0.05, 0) is 44.9 Å². The lowest BCUT2D eigenvalue weighted by Crippen LogP contribution is -2.30. The van der Waals surface area contributed by atoms with Crippen molar-refractivity contribution in [1.82, 2.24) is 5.32 Å². The second kappa shape index (κ2) is 8.92. The molecule has 128 valence electrons. The highest BCUT2D eigenvalue weighted by molar-refractivity contribution is 9.10. The molecule has 3 aromatic rings. The SMILES string of the molecule is O=C(COc1ccc2ccccc2c1Br)NCCSc1ccccc1. The van der Waals surface area contributed by atoms with Crippen LogP contribution in [-0.4, -0.2) is 24.8 Å². The van der Waals surface area contributed by atoms with Crippen molar-refractivity contribution in [2.75, 3.05) is 18.9 Å². The molecule has 0 aliphatic heterocycles. The lowest BCUT2D eigenvalue weighted by Gasteiger charge is -2.10. The Kier molecular flexibility index (Phi) is 6.36. The molecule has 0 aromatic heterocycles. The van der Waals surface area contributed by atoms with Crippen molar-refractivity contribution in [3.8, 4) is 5.75 Å². The van der Waals surface area contributed by atoms with Crippen molar-refractivity contribution in [2.45, 2.75) is 4.90 Å². The number of ether oxygens (including phenoxy) is 1. The van der Waals surface area contributed by atoms with Crippen molar-refractivity contribution < 1.29 is 9.53 Å². The largest absolute Gasteiger partial charge is 0.483 e. The van der Waals surface area contributed by atoms with Crippen molar-refractivity contribution in [2.24, 2.45) is 0 Å². The van der Waals surface area contributed by atoms with Gasteiger partial charge in [-0.2, -0.15) is 0 Å². The maximum absolute atomic E-state index is 11.9. The van der Waals surface area contributed by atoms with Crippen LogP contribution in [-0.2, 0) is 4.79 Å². The third-order valence-corrected chi connectivity index (χ3v) is 5.45. The van der Waals surface area contributed by atoms with Crippen LogP contribution in [0.15, 0.2) is 76.1 Å². The Hall–Kier alpha value is -1.98. The number of carbonyl (C=O) groups is 1. The number of fused-ring (bicyclic) bond motifs is 1. The van der Waals surface area contributed by atoms with E-state index in [0.29, 0.717) is 12.3 Å². The van der Waals surface area contributed by atoms with E-state index in [9.17, 15) is 4.79 Å². The van der Waals surface area contributed by atoms with Crippen molar-refractivity contribution in [3.63, 3.8) is 0 Å². The Morgan fingerprint density at radius 1 is 1.00 bits per heavy atom. The first-order valence-electron chi connectivity index (χ1n) is 7.98. The molecule has 0 spiro atoms. The zero-order valence-corrected chi connectivity index (χ0v) is 16.0. The van der Waals surface area contributed by atoms with E-state index in [1.807, 2.05) is 54.6 Å². The van der Waals surface area contributed by atoms with Crippen LogP contribution in [0, 0.1) is 0 Å². The topological polar surface area (TPSA) is 38.3 Å². The number of hydrogen-bond acceptors (Lipinski definition) is 3. The van der Waals surface area contributed by atoms with Gasteiger partial charge in [0.15, 0.2) is 6.61 Å². The number of nitrogens with one attached hydrogen (secondary N) is 1. The molecule has 5 heteroatoms. The molecule has 3 nitrogen and oxygen atoms in total. The summed E-state index contributed by atoms with van der Waals surface area (Å²) in [6, 6.07) is 22.0. The van der Waals surface area contributed by atoms with Crippen molar-refractivity contribution in [3.05, 3.63) is 71.2 Å². The van der Waals surface area contributed by atoms with Gasteiger partial charge < -0.3 is 10.1 Å². The molecule has 0 unspecified atom stereocenters. The van der Waals surface area contributed by atoms with Crippen LogP contribution >= 0.6 is 27.7 Å². The Balaban J connectivity index is 1.45. The monoisotopic (exact) mass is 415 g/mol. The summed E-state index contributed by atoms with van der Waals surface area (Å²) >= 11 is 5.28. The van der Waals surface area contributed by atoms with Crippen molar-refractivity contribution in [1.29, 1.82) is 0 Å². The molecular weight excluding hydrogens is 398 g/mol. The summed E-state index contributed by atoms with van der Waals surface area (Å²) in [4.78, 5) is 13.1. The molecule has 0 fully saturated rings. The Morgan fingerprint density at radius 3 is 2.60 bits per heavy atom. The summed E-state index contributed by atoms with van der Waals surface area (Å²) in [6.07, 6.45) is 0. The predicted molar refractivity (Wildman–Crippen MR) is 107 cm³/mol. The van der Waals surface area contributed by atoms with E-state index in [0.717, 1.165) is 21.0 Å². The van der Waals surface area contributed by atoms with Gasteiger partial charge in [-0.3, -0.25) is 4.79 Å². The van der Waals surface area contributed by atoms with Crippen LogP contribution in [0.1, 0.15) is 0 Å². The maximum Gasteiger partial charge on any atom is 0.257 e. The summed E-state index contributed by atoms with van der Waals surface area (Å²) in [5, 5.41) is 5.08. The summed E-state index contributed by atoms with van der Waals surface area (Å²) < 4.78 is 6.53. The van der Waals surface area contributed by atoms with Crippen LogP contribution in [0.3, 0.4) is 0 Å². The van der Waals surface area contributed by atoms with Crippen LogP contribution in [0.5, 0.6) is 5.75 Å². The number of benzene rings is 3. The molecule has 0 saturated carbocycles. The highest BCUT2D eigenvalue weighted by Crippen LogP contribution is 2.32. The molecule has 1 amide bonds. The minimum Gasteiger partial charge on any atom is -0.483 e. The minimum atomic E-state index is -0.117. The van der Waals surface area contributed by atoms with E-state index in [1.165, 1.54) is 4.90 Å². The van der Waals surface area contributed by atoms with Crippen LogP contribution in [0.4, 0.5) is 0 Å². The third-order valence-electron chi connectivity index (χ3n) is 3.62. The van der Waals surface area contributed by atoms with Gasteiger partial charge in [-0.25, -0.2) is 0 Å². The summed E-state index contributed by atoms with van der Waals surface area (Å²) in [5.74, 6) is 1.39. The van der Waals surface area contributed by atoms with Crippen molar-refractivity contribution >= 4 is 44.4 Å². The highest BCUT2D eigenvalue weighted by Gasteiger charge is 2.08. The van der Waals surface area contributed by atoms with Gasteiger partial charge in [0.2, 0.25) is 0 Å². The first-order chi connectivity index (χ1) is 12.2. The summed E-state index contributed by atoms with van der Waals surface area (Å²) in [5.41, 5.74) is 0. The Bertz CT molecular complexity index is 855. The highest BCUT2D eigenvalue weighted by atomic mass is 79.9. The second-order valence-electron chi connectivity index (χ2n) is 5.40. The van der Waals surface area contributed by atoms with Gasteiger partial charge in [0.05, 0.1) is 4.47 Å². The molecule has 0 heterocycles. The first-order valence-corrected chi connectivity index (χ1v) is 9.76. The molecule has 0 saturated heterocycles. The average molecular weight is 416 g/mol. The quantitative estimate of drug-likeness (QED) is 0.440. The smallest absolute Gasteiger partial charge is 0.257 e. The summed E-state index contributed by atoms with van der Waals surface area (Å²) in [7, 11) is 0. The molecule has 0 bridgehead atoms. The molecule has 0 atom stereocenters. The normalized spacial score (nSPS) is 10.6. The number of amides is 1. The van der Waals surface area contributed by atoms with E-state index >= 15 is 0 Å². The van der Waals surface area contributed by atoms with Crippen LogP contribution in [0.2, 0.25) is 0 Å². The molecule has 0 aliphatic rings. The standard InChI is InChI=1S/C20H18BrNO2S/c21-20-17-9-5-4-6-15(17)10-11-18(20)24-14-19(23)22-12-13-25-16-7-2-1-3-8-16/h1-11H,12-14H2,(H,22,23). The van der Waals surface area contributed by atoms with Gasteiger partial charge in [0.25, 0.3) is 5.91 Å². The lowest BCUT2D eigenvalue weighted by atomic mass is 10.1. The number of hydrogen-bond donors (Lipinski definition) is 1. The fraction of sp³-hybridized carbons (Fsp3) is 0.150. The van der Waals surface area contributed by atoms with Gasteiger partial charge in [0.1, 0.15) is 5.75 Å². The molecule has 1 N–H and O–H groups in total. The molecule has 3 aromatic carbocycles. The van der Waals surface area contributed by atoms with Crippen LogP contribution < -0.4 is 10.1 Å². The van der Waals surface area contributed by atoms with E-state index in [2.05, 4.69) is 33.4 Å². The average Bonchev–Trinajstić information content (AvgIpc) is 2.66. The molecule has 0 radical (unpaired) electrons. The first kappa shape index (κ1) is 17.8.